The maximum absolute atomic E-state index is 10.5. The third kappa shape index (κ3) is 2.77. The lowest BCUT2D eigenvalue weighted by atomic mass is 10.0. The molecule has 0 amide bonds. The minimum atomic E-state index is 0.0116. The first kappa shape index (κ1) is 17.5. The topological polar surface area (TPSA) is 63.2 Å². The van der Waals surface area contributed by atoms with Crippen molar-refractivity contribution >= 4 is 23.5 Å². The van der Waals surface area contributed by atoms with Crippen molar-refractivity contribution in [2.75, 3.05) is 0 Å². The van der Waals surface area contributed by atoms with Crippen LogP contribution >= 0.6 is 12.6 Å². The van der Waals surface area contributed by atoms with Gasteiger partial charge in [0.05, 0.1) is 23.1 Å². The predicted octanol–water partition coefficient (Wildman–Crippen LogP) is 4.78. The zero-order chi connectivity index (χ0) is 19.1. The Morgan fingerprint density at radius 3 is 2.63 bits per heavy atom. The second-order valence-electron chi connectivity index (χ2n) is 6.44. The lowest BCUT2D eigenvalue weighted by Gasteiger charge is -2.14. The zero-order valence-electron chi connectivity index (χ0n) is 15.2. The van der Waals surface area contributed by atoms with Crippen LogP contribution in [0.25, 0.3) is 27.8 Å². The first-order valence-corrected chi connectivity index (χ1v) is 9.40. The quantitative estimate of drug-likeness (QED) is 0.447. The van der Waals surface area contributed by atoms with Gasteiger partial charge in [0.1, 0.15) is 11.5 Å². The van der Waals surface area contributed by atoms with Gasteiger partial charge in [-0.2, -0.15) is 0 Å². The summed E-state index contributed by atoms with van der Waals surface area (Å²) in [5, 5.41) is 22.1. The van der Waals surface area contributed by atoms with Crippen molar-refractivity contribution in [1.29, 1.82) is 0 Å². The van der Waals surface area contributed by atoms with E-state index in [1.807, 2.05) is 29.7 Å². The van der Waals surface area contributed by atoms with Gasteiger partial charge < -0.3 is 14.8 Å². The smallest absolute Gasteiger partial charge is 0.169 e. The first-order chi connectivity index (χ1) is 13.0. The van der Waals surface area contributed by atoms with E-state index >= 15 is 0 Å². The van der Waals surface area contributed by atoms with Gasteiger partial charge in [0.2, 0.25) is 0 Å². The molecule has 27 heavy (non-hydrogen) atoms. The van der Waals surface area contributed by atoms with Crippen LogP contribution in [-0.4, -0.2) is 24.3 Å². The summed E-state index contributed by atoms with van der Waals surface area (Å²) in [6.07, 6.45) is 4.43. The summed E-state index contributed by atoms with van der Waals surface area (Å²) >= 11 is 4.55. The molecule has 5 nitrogen and oxygen atoms in total. The second-order valence-corrected chi connectivity index (χ2v) is 6.84. The Morgan fingerprint density at radius 1 is 1.07 bits per heavy atom. The number of rotatable bonds is 4. The van der Waals surface area contributed by atoms with E-state index in [9.17, 15) is 10.2 Å². The molecule has 2 N–H and O–H groups in total. The van der Waals surface area contributed by atoms with E-state index < -0.39 is 0 Å². The van der Waals surface area contributed by atoms with Crippen molar-refractivity contribution in [3.63, 3.8) is 0 Å². The Labute approximate surface area is 162 Å². The Balaban J connectivity index is 1.99. The summed E-state index contributed by atoms with van der Waals surface area (Å²) in [4.78, 5) is 4.37. The molecule has 6 heteroatoms. The molecule has 4 rings (SSSR count). The molecular weight excluding hydrogens is 358 g/mol. The van der Waals surface area contributed by atoms with Crippen molar-refractivity contribution < 1.29 is 10.2 Å². The highest BCUT2D eigenvalue weighted by Crippen LogP contribution is 2.38. The van der Waals surface area contributed by atoms with Gasteiger partial charge in [0.25, 0.3) is 0 Å². The first-order valence-electron chi connectivity index (χ1n) is 8.95. The molecule has 138 valence electrons. The molecule has 0 saturated carbocycles. The fourth-order valence-electron chi connectivity index (χ4n) is 3.56. The normalized spacial score (nSPS) is 11.4. The number of hydrogen-bond acceptors (Lipinski definition) is 4. The molecule has 0 atom stereocenters. The van der Waals surface area contributed by atoms with Crippen molar-refractivity contribution in [3.8, 4) is 28.4 Å². The number of benzene rings is 2. The maximum atomic E-state index is 10.5. The van der Waals surface area contributed by atoms with E-state index in [1.54, 1.807) is 6.20 Å². The van der Waals surface area contributed by atoms with E-state index in [-0.39, 0.29) is 11.5 Å². The number of fused-ring (bicyclic) bond motifs is 1. The summed E-state index contributed by atoms with van der Waals surface area (Å²) in [6, 6.07) is 11.4. The molecule has 0 fully saturated rings. The van der Waals surface area contributed by atoms with Gasteiger partial charge >= 0.3 is 0 Å². The largest absolute Gasteiger partial charge is 0.508 e. The molecule has 0 unspecified atom stereocenters. The van der Waals surface area contributed by atoms with Crippen molar-refractivity contribution in [3.05, 3.63) is 54.4 Å². The number of hydrogen-bond donors (Lipinski definition) is 3. The SMILES string of the molecule is CCc1cc(-c2cnc(S)n2-c2cccc3c2ccn3CC)c(O)cc1O. The lowest BCUT2D eigenvalue weighted by molar-refractivity contribution is 0.447. The number of nitrogens with zero attached hydrogens (tertiary/aromatic N) is 3. The number of phenols is 2. The van der Waals surface area contributed by atoms with Crippen molar-refractivity contribution in [2.24, 2.45) is 0 Å². The van der Waals surface area contributed by atoms with E-state index in [4.69, 9.17) is 0 Å². The summed E-state index contributed by atoms with van der Waals surface area (Å²) in [7, 11) is 0. The van der Waals surface area contributed by atoms with E-state index in [0.717, 1.165) is 34.4 Å². The second kappa shape index (κ2) is 6.70. The number of phenolic OH excluding ortho intramolecular Hbond substituents is 2. The van der Waals surface area contributed by atoms with Crippen LogP contribution in [0.3, 0.4) is 0 Å². The lowest BCUT2D eigenvalue weighted by Crippen LogP contribution is -2.00. The number of aromatic hydroxyl groups is 2. The van der Waals surface area contributed by atoms with Crippen LogP contribution in [-0.2, 0) is 13.0 Å². The van der Waals surface area contributed by atoms with Crippen LogP contribution in [0.5, 0.6) is 11.5 Å². The molecule has 4 aromatic rings. The molecule has 0 aliphatic heterocycles. The molecule has 2 aromatic heterocycles. The number of aryl methyl sites for hydroxylation is 2. The fourth-order valence-corrected chi connectivity index (χ4v) is 3.83. The van der Waals surface area contributed by atoms with Crippen LogP contribution in [0, 0.1) is 0 Å². The fraction of sp³-hybridized carbons (Fsp3) is 0.190. The number of thiol groups is 1. The molecule has 0 aliphatic rings. The van der Waals surface area contributed by atoms with E-state index in [1.165, 1.54) is 6.07 Å². The third-order valence-electron chi connectivity index (χ3n) is 4.97. The molecule has 2 heterocycles. The zero-order valence-corrected chi connectivity index (χ0v) is 16.1. The van der Waals surface area contributed by atoms with Crippen LogP contribution in [0.1, 0.15) is 19.4 Å². The average molecular weight is 379 g/mol. The van der Waals surface area contributed by atoms with Gasteiger partial charge in [0.15, 0.2) is 5.16 Å². The van der Waals surface area contributed by atoms with E-state index in [2.05, 4.69) is 47.4 Å². The number of imidazole rings is 1. The van der Waals surface area contributed by atoms with Crippen LogP contribution < -0.4 is 0 Å². The highest BCUT2D eigenvalue weighted by Gasteiger charge is 2.18. The van der Waals surface area contributed by atoms with Gasteiger partial charge in [-0.25, -0.2) is 4.98 Å². The summed E-state index contributed by atoms with van der Waals surface area (Å²) < 4.78 is 4.11. The highest BCUT2D eigenvalue weighted by atomic mass is 32.1. The summed E-state index contributed by atoms with van der Waals surface area (Å²) in [5.74, 6) is 0.107. The minimum absolute atomic E-state index is 0.0116. The molecule has 0 saturated heterocycles. The molecular formula is C21H21N3O2S. The standard InChI is InChI=1S/C21H21N3O2S/c1-3-13-10-15(20(26)11-19(13)25)18-12-22-21(27)24(18)17-7-5-6-16-14(17)8-9-23(16)4-2/h5-12,25-26H,3-4H2,1-2H3,(H,22,27). The van der Waals surface area contributed by atoms with Gasteiger partial charge in [-0.15, -0.1) is 12.6 Å². The Kier molecular flexibility index (Phi) is 4.36. The molecule has 0 bridgehead atoms. The molecule has 0 spiro atoms. The molecule has 2 aromatic carbocycles. The van der Waals surface area contributed by atoms with Gasteiger partial charge in [-0.1, -0.05) is 13.0 Å². The van der Waals surface area contributed by atoms with Crippen molar-refractivity contribution in [2.45, 2.75) is 32.0 Å². The summed E-state index contributed by atoms with van der Waals surface area (Å²) in [5.41, 5.74) is 4.19. The Morgan fingerprint density at radius 2 is 1.89 bits per heavy atom. The Bertz CT molecular complexity index is 1140. The van der Waals surface area contributed by atoms with Gasteiger partial charge in [-0.3, -0.25) is 4.57 Å². The third-order valence-corrected chi connectivity index (χ3v) is 5.28. The van der Waals surface area contributed by atoms with Crippen LogP contribution in [0.15, 0.2) is 53.9 Å². The average Bonchev–Trinajstić information content (AvgIpc) is 3.25. The summed E-state index contributed by atoms with van der Waals surface area (Å²) in [6.45, 7) is 4.96. The van der Waals surface area contributed by atoms with Crippen LogP contribution in [0.2, 0.25) is 0 Å². The highest BCUT2D eigenvalue weighted by molar-refractivity contribution is 7.80. The maximum Gasteiger partial charge on any atom is 0.169 e. The Hall–Kier alpha value is -2.86. The van der Waals surface area contributed by atoms with E-state index in [0.29, 0.717) is 17.1 Å². The van der Waals surface area contributed by atoms with Gasteiger partial charge in [0, 0.05) is 29.8 Å². The van der Waals surface area contributed by atoms with Crippen LogP contribution in [0.4, 0.5) is 0 Å². The number of aromatic nitrogens is 3. The van der Waals surface area contributed by atoms with Crippen molar-refractivity contribution in [1.82, 2.24) is 14.1 Å². The predicted molar refractivity (Wildman–Crippen MR) is 110 cm³/mol. The van der Waals surface area contributed by atoms with Gasteiger partial charge in [-0.05, 0) is 43.2 Å². The monoisotopic (exact) mass is 379 g/mol. The molecule has 0 radical (unpaired) electrons. The minimum Gasteiger partial charge on any atom is -0.508 e. The molecule has 0 aliphatic carbocycles.